The molecule has 1 aliphatic rings. The van der Waals surface area contributed by atoms with E-state index in [0.29, 0.717) is 52.7 Å². The van der Waals surface area contributed by atoms with Crippen LogP contribution in [0, 0.1) is 10.1 Å². The van der Waals surface area contributed by atoms with Gasteiger partial charge in [0.15, 0.2) is 10.8 Å². The van der Waals surface area contributed by atoms with E-state index in [-0.39, 0.29) is 23.8 Å². The van der Waals surface area contributed by atoms with Crippen LogP contribution in [0.15, 0.2) is 91.3 Å². The van der Waals surface area contributed by atoms with Gasteiger partial charge in [0.2, 0.25) is 0 Å². The number of hydrogen-bond donors (Lipinski definition) is 1. The third-order valence-electron chi connectivity index (χ3n) is 8.29. The highest BCUT2D eigenvalue weighted by Crippen LogP contribution is 2.32. The summed E-state index contributed by atoms with van der Waals surface area (Å²) in [5.41, 5.74) is 4.35. The molecule has 0 saturated heterocycles. The Hall–Kier alpha value is -5.95. The Labute approximate surface area is 291 Å². The normalized spacial score (nSPS) is 12.8. The molecule has 3 aromatic carbocycles. The summed E-state index contributed by atoms with van der Waals surface area (Å²) in [5.74, 6) is -0.263. The fourth-order valence-electron chi connectivity index (χ4n) is 6.01. The molecule has 4 heterocycles. The Balaban J connectivity index is 1.18. The summed E-state index contributed by atoms with van der Waals surface area (Å²) in [5, 5.41) is 19.5. The van der Waals surface area contributed by atoms with Gasteiger partial charge in [-0.25, -0.2) is 14.8 Å². The summed E-state index contributed by atoms with van der Waals surface area (Å²) < 4.78 is 8.36. The first-order chi connectivity index (χ1) is 24.0. The number of rotatable bonds is 8. The van der Waals surface area contributed by atoms with Crippen LogP contribution in [0.4, 0.5) is 16.6 Å². The third-order valence-corrected chi connectivity index (χ3v) is 9.25. The Morgan fingerprint density at radius 2 is 1.80 bits per heavy atom. The Morgan fingerprint density at radius 3 is 2.60 bits per heavy atom. The molecule has 3 aromatic heterocycles. The van der Waals surface area contributed by atoms with Crippen LogP contribution in [0.1, 0.15) is 58.3 Å². The number of para-hydroxylation sites is 2. The molecule has 0 saturated carbocycles. The zero-order valence-electron chi connectivity index (χ0n) is 27.6. The van der Waals surface area contributed by atoms with E-state index in [9.17, 15) is 19.7 Å². The highest BCUT2D eigenvalue weighted by atomic mass is 32.1. The first kappa shape index (κ1) is 32.6. The number of nitro groups is 1. The number of esters is 1. The number of carbonyl (C=O) groups is 2. The van der Waals surface area contributed by atoms with Crippen molar-refractivity contribution in [2.24, 2.45) is 0 Å². The summed E-state index contributed by atoms with van der Waals surface area (Å²) in [6, 6.07) is 23.7. The van der Waals surface area contributed by atoms with Crippen LogP contribution in [0.25, 0.3) is 21.3 Å². The van der Waals surface area contributed by atoms with Crippen molar-refractivity contribution in [3.05, 3.63) is 129 Å². The number of anilines is 2. The average molecular weight is 688 g/mol. The molecule has 1 N–H and O–H groups in total. The lowest BCUT2D eigenvalue weighted by Crippen LogP contribution is -2.33. The maximum atomic E-state index is 13.6. The molecule has 0 spiro atoms. The van der Waals surface area contributed by atoms with Crippen molar-refractivity contribution in [1.29, 1.82) is 0 Å². The summed E-state index contributed by atoms with van der Waals surface area (Å²) >= 11 is 1.43. The number of hydrogen-bond acceptors (Lipinski definition) is 10. The van der Waals surface area contributed by atoms with Gasteiger partial charge in [-0.3, -0.25) is 24.9 Å². The number of aromatic nitrogens is 4. The van der Waals surface area contributed by atoms with Crippen LogP contribution < -0.4 is 10.2 Å². The van der Waals surface area contributed by atoms with E-state index in [1.165, 1.54) is 17.4 Å². The van der Waals surface area contributed by atoms with E-state index < -0.39 is 16.5 Å². The highest BCUT2D eigenvalue weighted by molar-refractivity contribution is 7.22. The molecule has 0 aliphatic carbocycles. The minimum atomic E-state index is -0.766. The largest absolute Gasteiger partial charge is 0.455 e. The van der Waals surface area contributed by atoms with Crippen LogP contribution in [-0.2, 0) is 24.2 Å². The lowest BCUT2D eigenvalue weighted by atomic mass is 9.94. The number of nitrogens with zero attached hydrogens (tertiary/aromatic N) is 6. The van der Waals surface area contributed by atoms with Gasteiger partial charge in [-0.2, -0.15) is 5.10 Å². The zero-order valence-corrected chi connectivity index (χ0v) is 28.4. The number of benzene rings is 3. The third kappa shape index (κ3) is 6.80. The summed E-state index contributed by atoms with van der Waals surface area (Å²) in [6.45, 7) is 6.59. The van der Waals surface area contributed by atoms with Gasteiger partial charge in [0.25, 0.3) is 11.6 Å². The van der Waals surface area contributed by atoms with Gasteiger partial charge in [-0.15, -0.1) is 0 Å². The van der Waals surface area contributed by atoms with Crippen molar-refractivity contribution in [3.8, 4) is 11.1 Å². The Kier molecular flexibility index (Phi) is 8.58. The molecule has 0 atom stereocenters. The number of fused-ring (bicyclic) bond motifs is 2. The minimum Gasteiger partial charge on any atom is -0.455 e. The van der Waals surface area contributed by atoms with E-state index >= 15 is 0 Å². The van der Waals surface area contributed by atoms with E-state index in [1.807, 2.05) is 59.5 Å². The molecular formula is C37H33N7O5S. The summed E-state index contributed by atoms with van der Waals surface area (Å²) in [6.07, 6.45) is 4.02. The van der Waals surface area contributed by atoms with Crippen LogP contribution in [0.2, 0.25) is 0 Å². The lowest BCUT2D eigenvalue weighted by molar-refractivity contribution is -0.385. The molecule has 13 heteroatoms. The number of ether oxygens (including phenoxy) is 1. The van der Waals surface area contributed by atoms with Gasteiger partial charge in [-0.05, 0) is 68.7 Å². The number of thiazole rings is 1. The minimum absolute atomic E-state index is 0.00510. The molecule has 7 rings (SSSR count). The number of nitro benzene ring substituents is 1. The van der Waals surface area contributed by atoms with Crippen LogP contribution >= 0.6 is 11.3 Å². The van der Waals surface area contributed by atoms with Gasteiger partial charge >= 0.3 is 5.97 Å². The van der Waals surface area contributed by atoms with E-state index in [2.05, 4.69) is 15.4 Å². The molecule has 0 unspecified atom stereocenters. The quantitative estimate of drug-likeness (QED) is 0.0991. The Bertz CT molecular complexity index is 2240. The van der Waals surface area contributed by atoms with Gasteiger partial charge in [-0.1, -0.05) is 53.8 Å². The number of amides is 1. The monoisotopic (exact) mass is 687 g/mol. The molecule has 12 nitrogen and oxygen atoms in total. The molecule has 50 heavy (non-hydrogen) atoms. The number of pyridine rings is 1. The molecule has 0 radical (unpaired) electrons. The highest BCUT2D eigenvalue weighted by Gasteiger charge is 2.27. The molecule has 1 amide bonds. The van der Waals surface area contributed by atoms with E-state index in [4.69, 9.17) is 9.72 Å². The number of carbonyl (C=O) groups excluding carboxylic acids is 2. The molecular weight excluding hydrogens is 655 g/mol. The topological polar surface area (TPSA) is 145 Å². The molecule has 0 bridgehead atoms. The summed E-state index contributed by atoms with van der Waals surface area (Å²) in [4.78, 5) is 49.8. The maximum Gasteiger partial charge on any atom is 0.358 e. The second-order valence-electron chi connectivity index (χ2n) is 12.9. The predicted molar refractivity (Wildman–Crippen MR) is 192 cm³/mol. The van der Waals surface area contributed by atoms with Crippen molar-refractivity contribution >= 4 is 50.1 Å². The van der Waals surface area contributed by atoms with Gasteiger partial charge < -0.3 is 9.64 Å². The van der Waals surface area contributed by atoms with Crippen molar-refractivity contribution in [2.75, 3.05) is 16.8 Å². The smallest absolute Gasteiger partial charge is 0.358 e. The van der Waals surface area contributed by atoms with Gasteiger partial charge in [0.1, 0.15) is 11.4 Å². The first-order valence-electron chi connectivity index (χ1n) is 16.0. The molecule has 252 valence electrons. The first-order valence-corrected chi connectivity index (χ1v) is 16.9. The second-order valence-corrected chi connectivity index (χ2v) is 14.0. The maximum absolute atomic E-state index is 13.6. The molecule has 6 aromatic rings. The van der Waals surface area contributed by atoms with Crippen molar-refractivity contribution < 1.29 is 19.2 Å². The van der Waals surface area contributed by atoms with Gasteiger partial charge in [0, 0.05) is 42.0 Å². The molecule has 0 fully saturated rings. The van der Waals surface area contributed by atoms with Crippen molar-refractivity contribution in [3.63, 3.8) is 0 Å². The summed E-state index contributed by atoms with van der Waals surface area (Å²) in [7, 11) is 0. The number of nitrogens with one attached hydrogen (secondary N) is 1. The van der Waals surface area contributed by atoms with Crippen LogP contribution in [-0.4, -0.2) is 48.7 Å². The second kappa shape index (κ2) is 13.2. The average Bonchev–Trinajstić information content (AvgIpc) is 3.73. The fourth-order valence-corrected chi connectivity index (χ4v) is 6.87. The van der Waals surface area contributed by atoms with Gasteiger partial charge in [0.05, 0.1) is 33.4 Å². The van der Waals surface area contributed by atoms with Crippen molar-refractivity contribution in [2.45, 2.75) is 45.9 Å². The van der Waals surface area contributed by atoms with E-state index in [1.54, 1.807) is 56.0 Å². The molecule has 1 aliphatic heterocycles. The fraction of sp³-hybridized carbons (Fsp3) is 0.216. The van der Waals surface area contributed by atoms with E-state index in [0.717, 1.165) is 21.3 Å². The predicted octanol–water partition coefficient (Wildman–Crippen LogP) is 7.28. The zero-order chi connectivity index (χ0) is 35.0. The lowest BCUT2D eigenvalue weighted by Gasteiger charge is -2.31. The standard InChI is InChI=1S/C37H33N7O5S/c1-37(2,3)49-35(46)33-26(25-19-38-43(21-25)20-24-9-4-6-13-30(24)44(47)48)15-16-32(40-33)42-18-17-23-10-8-11-27(28(23)22-42)34(45)41-36-39-29-12-5-7-14-31(29)50-36/h4-16,19,21H,17-18,20,22H2,1-3H3,(H,39,41,45). The van der Waals surface area contributed by atoms with Crippen molar-refractivity contribution in [1.82, 2.24) is 19.7 Å². The van der Waals surface area contributed by atoms with Crippen LogP contribution in [0.5, 0.6) is 0 Å². The van der Waals surface area contributed by atoms with Crippen LogP contribution in [0.3, 0.4) is 0 Å². The SMILES string of the molecule is CC(C)(C)OC(=O)c1nc(N2CCc3cccc(C(=O)Nc4nc5ccccc5s4)c3C2)ccc1-c1cnn(Cc2ccccc2[N+](=O)[O-])c1. The Morgan fingerprint density at radius 1 is 1.00 bits per heavy atom.